The maximum Gasteiger partial charge on any atom is 0.256 e. The summed E-state index contributed by atoms with van der Waals surface area (Å²) in [4.78, 5) is 16.5. The van der Waals surface area contributed by atoms with Gasteiger partial charge in [-0.15, -0.1) is 0 Å². The van der Waals surface area contributed by atoms with Crippen LogP contribution in [0.3, 0.4) is 0 Å². The second-order valence-electron chi connectivity index (χ2n) is 5.13. The Labute approximate surface area is 125 Å². The Morgan fingerprint density at radius 2 is 1.86 bits per heavy atom. The molecule has 110 valence electrons. The fourth-order valence-corrected chi connectivity index (χ4v) is 2.10. The van der Waals surface area contributed by atoms with Crippen LogP contribution in [0, 0.1) is 13.8 Å². The van der Waals surface area contributed by atoms with Gasteiger partial charge in [0.05, 0.1) is 0 Å². The average molecular weight is 283 g/mol. The van der Waals surface area contributed by atoms with Crippen molar-refractivity contribution in [1.82, 2.24) is 4.98 Å². The topological polar surface area (TPSA) is 54.0 Å². The fraction of sp³-hybridized carbons (Fsp3) is 0.294. The summed E-state index contributed by atoms with van der Waals surface area (Å²) >= 11 is 0. The predicted octanol–water partition coefficient (Wildman–Crippen LogP) is 3.77. The van der Waals surface area contributed by atoms with Crippen LogP contribution in [-0.2, 0) is 0 Å². The summed E-state index contributed by atoms with van der Waals surface area (Å²) in [6.45, 7) is 6.94. The molecule has 21 heavy (non-hydrogen) atoms. The first-order valence-corrected chi connectivity index (χ1v) is 7.19. The van der Waals surface area contributed by atoms with Gasteiger partial charge in [0.15, 0.2) is 0 Å². The molecule has 2 N–H and O–H groups in total. The van der Waals surface area contributed by atoms with Crippen LogP contribution in [-0.4, -0.2) is 17.4 Å². The molecule has 0 unspecified atom stereocenters. The van der Waals surface area contributed by atoms with Gasteiger partial charge in [-0.2, -0.15) is 0 Å². The minimum absolute atomic E-state index is 0.144. The number of rotatable bonds is 5. The van der Waals surface area contributed by atoms with Gasteiger partial charge in [-0.1, -0.05) is 6.92 Å². The Hall–Kier alpha value is -2.36. The largest absolute Gasteiger partial charge is 0.385 e. The molecule has 0 fully saturated rings. The molecule has 1 aromatic carbocycles. The van der Waals surface area contributed by atoms with E-state index in [4.69, 9.17) is 0 Å². The van der Waals surface area contributed by atoms with Gasteiger partial charge in [0.2, 0.25) is 0 Å². The Morgan fingerprint density at radius 3 is 2.48 bits per heavy atom. The van der Waals surface area contributed by atoms with Crippen molar-refractivity contribution in [2.24, 2.45) is 0 Å². The van der Waals surface area contributed by atoms with Crippen molar-refractivity contribution in [1.29, 1.82) is 0 Å². The molecule has 0 radical (unpaired) electrons. The number of hydrogen-bond acceptors (Lipinski definition) is 3. The van der Waals surface area contributed by atoms with E-state index in [1.165, 1.54) is 0 Å². The van der Waals surface area contributed by atoms with Crippen LogP contribution in [0.2, 0.25) is 0 Å². The minimum atomic E-state index is -0.144. The van der Waals surface area contributed by atoms with Crippen LogP contribution in [0.1, 0.15) is 35.0 Å². The zero-order chi connectivity index (χ0) is 15.2. The summed E-state index contributed by atoms with van der Waals surface area (Å²) in [5, 5.41) is 6.11. The quantitative estimate of drug-likeness (QED) is 0.878. The van der Waals surface area contributed by atoms with Crippen LogP contribution in [0.25, 0.3) is 0 Å². The van der Waals surface area contributed by atoms with Gasteiger partial charge in [-0.25, -0.2) is 4.98 Å². The van der Waals surface area contributed by atoms with Gasteiger partial charge < -0.3 is 10.6 Å². The number of hydrogen-bond donors (Lipinski definition) is 2. The van der Waals surface area contributed by atoms with Crippen molar-refractivity contribution < 1.29 is 4.79 Å². The standard InChI is InChI=1S/C17H21N3O/c1-4-9-18-15-7-5-14(6-8-15)17(21)20-16-11-12(2)10-13(3)19-16/h5-8,10-11,18H,4,9H2,1-3H3,(H,19,20,21). The van der Waals surface area contributed by atoms with E-state index in [-0.39, 0.29) is 5.91 Å². The number of aromatic nitrogens is 1. The molecule has 0 aliphatic carbocycles. The highest BCUT2D eigenvalue weighted by Crippen LogP contribution is 2.13. The average Bonchev–Trinajstić information content (AvgIpc) is 2.44. The van der Waals surface area contributed by atoms with E-state index in [2.05, 4.69) is 22.5 Å². The smallest absolute Gasteiger partial charge is 0.256 e. The number of pyridine rings is 1. The van der Waals surface area contributed by atoms with Crippen molar-refractivity contribution in [3.05, 3.63) is 53.2 Å². The lowest BCUT2D eigenvalue weighted by Crippen LogP contribution is -2.13. The summed E-state index contributed by atoms with van der Waals surface area (Å²) in [7, 11) is 0. The van der Waals surface area contributed by atoms with Crippen molar-refractivity contribution in [2.75, 3.05) is 17.2 Å². The molecule has 0 aliphatic rings. The zero-order valence-electron chi connectivity index (χ0n) is 12.7. The van der Waals surface area contributed by atoms with Crippen LogP contribution >= 0.6 is 0 Å². The van der Waals surface area contributed by atoms with Crippen molar-refractivity contribution >= 4 is 17.4 Å². The highest BCUT2D eigenvalue weighted by atomic mass is 16.1. The van der Waals surface area contributed by atoms with E-state index in [9.17, 15) is 4.79 Å². The summed E-state index contributed by atoms with van der Waals surface area (Å²) in [6.07, 6.45) is 1.07. The third-order valence-corrected chi connectivity index (χ3v) is 3.07. The lowest BCUT2D eigenvalue weighted by Gasteiger charge is -2.08. The van der Waals surface area contributed by atoms with Gasteiger partial charge in [-0.05, 0) is 62.2 Å². The van der Waals surface area contributed by atoms with Crippen LogP contribution in [0.5, 0.6) is 0 Å². The van der Waals surface area contributed by atoms with E-state index < -0.39 is 0 Å². The third kappa shape index (κ3) is 4.31. The predicted molar refractivity (Wildman–Crippen MR) is 86.9 cm³/mol. The summed E-state index contributed by atoms with van der Waals surface area (Å²) < 4.78 is 0. The third-order valence-electron chi connectivity index (χ3n) is 3.07. The monoisotopic (exact) mass is 283 g/mol. The summed E-state index contributed by atoms with van der Waals surface area (Å²) in [5.74, 6) is 0.445. The van der Waals surface area contributed by atoms with Crippen molar-refractivity contribution in [2.45, 2.75) is 27.2 Å². The number of nitrogens with zero attached hydrogens (tertiary/aromatic N) is 1. The number of amides is 1. The van der Waals surface area contributed by atoms with Crippen molar-refractivity contribution in [3.63, 3.8) is 0 Å². The maximum atomic E-state index is 12.2. The molecule has 1 heterocycles. The first kappa shape index (κ1) is 15.0. The van der Waals surface area contributed by atoms with E-state index in [1.807, 2.05) is 50.2 Å². The molecule has 0 saturated carbocycles. The lowest BCUT2D eigenvalue weighted by atomic mass is 10.2. The van der Waals surface area contributed by atoms with Crippen LogP contribution in [0.4, 0.5) is 11.5 Å². The molecule has 1 aromatic heterocycles. The first-order chi connectivity index (χ1) is 10.1. The number of carbonyl (C=O) groups is 1. The molecule has 2 aromatic rings. The van der Waals surface area contributed by atoms with Crippen molar-refractivity contribution in [3.8, 4) is 0 Å². The molecule has 1 amide bonds. The zero-order valence-corrected chi connectivity index (χ0v) is 12.7. The fourth-order valence-electron chi connectivity index (χ4n) is 2.10. The summed E-state index contributed by atoms with van der Waals surface area (Å²) in [6, 6.07) is 11.3. The SMILES string of the molecule is CCCNc1ccc(C(=O)Nc2cc(C)cc(C)n2)cc1. The minimum Gasteiger partial charge on any atom is -0.385 e. The number of anilines is 2. The van der Waals surface area contributed by atoms with Gasteiger partial charge in [0.25, 0.3) is 5.91 Å². The second kappa shape index (κ2) is 6.88. The van der Waals surface area contributed by atoms with E-state index >= 15 is 0 Å². The molecule has 4 nitrogen and oxygen atoms in total. The first-order valence-electron chi connectivity index (χ1n) is 7.19. The highest BCUT2D eigenvalue weighted by Gasteiger charge is 2.07. The Morgan fingerprint density at radius 1 is 1.14 bits per heavy atom. The van der Waals surface area contributed by atoms with Gasteiger partial charge >= 0.3 is 0 Å². The van der Waals surface area contributed by atoms with Crippen LogP contribution < -0.4 is 10.6 Å². The summed E-state index contributed by atoms with van der Waals surface area (Å²) in [5.41, 5.74) is 3.62. The Kier molecular flexibility index (Phi) is 4.93. The molecule has 2 rings (SSSR count). The van der Waals surface area contributed by atoms with Gasteiger partial charge in [0.1, 0.15) is 5.82 Å². The van der Waals surface area contributed by atoms with Gasteiger partial charge in [-0.3, -0.25) is 4.79 Å². The molecule has 0 bridgehead atoms. The molecule has 0 aliphatic heterocycles. The molecule has 0 atom stereocenters. The molecular weight excluding hydrogens is 262 g/mol. The lowest BCUT2D eigenvalue weighted by molar-refractivity contribution is 0.102. The number of carbonyl (C=O) groups excluding carboxylic acids is 1. The molecule has 4 heteroatoms. The highest BCUT2D eigenvalue weighted by molar-refractivity contribution is 6.03. The Bertz CT molecular complexity index is 600. The molecular formula is C17H21N3O. The normalized spacial score (nSPS) is 10.2. The Balaban J connectivity index is 2.06. The number of aryl methyl sites for hydroxylation is 2. The second-order valence-corrected chi connectivity index (χ2v) is 5.13. The van der Waals surface area contributed by atoms with Gasteiger partial charge in [0, 0.05) is 23.5 Å². The van der Waals surface area contributed by atoms with E-state index in [0.29, 0.717) is 11.4 Å². The molecule has 0 saturated heterocycles. The number of benzene rings is 1. The van der Waals surface area contributed by atoms with E-state index in [0.717, 1.165) is 29.9 Å². The van der Waals surface area contributed by atoms with Crippen LogP contribution in [0.15, 0.2) is 36.4 Å². The molecule has 0 spiro atoms. The van der Waals surface area contributed by atoms with E-state index in [1.54, 1.807) is 0 Å². The maximum absolute atomic E-state index is 12.2. The number of nitrogens with one attached hydrogen (secondary N) is 2.